The van der Waals surface area contributed by atoms with E-state index in [4.69, 9.17) is 5.11 Å². The number of benzene rings is 1. The van der Waals surface area contributed by atoms with Gasteiger partial charge >= 0.3 is 5.97 Å². The molecule has 3 heteroatoms. The van der Waals surface area contributed by atoms with Crippen LogP contribution in [0.2, 0.25) is 0 Å². The SMILES string of the molecule is Cc1cc(F)ccc1[C@@H]1C[C@H]1C(=O)O. The van der Waals surface area contributed by atoms with Crippen molar-refractivity contribution in [2.24, 2.45) is 5.92 Å². The average molecular weight is 194 g/mol. The fraction of sp³-hybridized carbons (Fsp3) is 0.364. The van der Waals surface area contributed by atoms with E-state index in [0.717, 1.165) is 11.1 Å². The van der Waals surface area contributed by atoms with Gasteiger partial charge in [0.2, 0.25) is 0 Å². The largest absolute Gasteiger partial charge is 0.481 e. The summed E-state index contributed by atoms with van der Waals surface area (Å²) < 4.78 is 12.8. The zero-order valence-corrected chi connectivity index (χ0v) is 7.83. The molecule has 1 saturated carbocycles. The number of carboxylic acid groups (broad SMARTS) is 1. The Morgan fingerprint density at radius 2 is 2.29 bits per heavy atom. The van der Waals surface area contributed by atoms with Gasteiger partial charge < -0.3 is 5.11 Å². The zero-order valence-electron chi connectivity index (χ0n) is 7.83. The number of aryl methyl sites for hydroxylation is 1. The number of carbonyl (C=O) groups is 1. The molecule has 1 aromatic carbocycles. The van der Waals surface area contributed by atoms with E-state index in [0.29, 0.717) is 6.42 Å². The predicted octanol–water partition coefficient (Wildman–Crippen LogP) is 2.32. The number of rotatable bonds is 2. The first kappa shape index (κ1) is 9.19. The maximum atomic E-state index is 12.8. The van der Waals surface area contributed by atoms with Gasteiger partial charge in [0, 0.05) is 0 Å². The van der Waals surface area contributed by atoms with Crippen LogP contribution in [0.25, 0.3) is 0 Å². The topological polar surface area (TPSA) is 37.3 Å². The number of hydrogen-bond donors (Lipinski definition) is 1. The van der Waals surface area contributed by atoms with Crippen molar-refractivity contribution >= 4 is 5.97 Å². The molecular formula is C11H11FO2. The smallest absolute Gasteiger partial charge is 0.307 e. The molecule has 1 N–H and O–H groups in total. The molecule has 2 nitrogen and oxygen atoms in total. The standard InChI is InChI=1S/C11H11FO2/c1-6-4-7(12)2-3-8(6)9-5-10(9)11(13)14/h2-4,9-10H,5H2,1H3,(H,13,14)/t9-,10+/m0/s1. The van der Waals surface area contributed by atoms with Crippen molar-refractivity contribution in [3.05, 3.63) is 35.1 Å². The maximum Gasteiger partial charge on any atom is 0.307 e. The summed E-state index contributed by atoms with van der Waals surface area (Å²) in [4.78, 5) is 10.6. The van der Waals surface area contributed by atoms with Gasteiger partial charge in [0.15, 0.2) is 0 Å². The second kappa shape index (κ2) is 3.08. The Kier molecular flexibility index (Phi) is 2.02. The third-order valence-corrected chi connectivity index (χ3v) is 2.74. The lowest BCUT2D eigenvalue weighted by atomic mass is 10.0. The Morgan fingerprint density at radius 1 is 1.57 bits per heavy atom. The molecule has 0 saturated heterocycles. The van der Waals surface area contributed by atoms with Gasteiger partial charge in [0.1, 0.15) is 5.82 Å². The van der Waals surface area contributed by atoms with Gasteiger partial charge in [-0.3, -0.25) is 4.79 Å². The van der Waals surface area contributed by atoms with E-state index in [2.05, 4.69) is 0 Å². The van der Waals surface area contributed by atoms with Gasteiger partial charge in [0.05, 0.1) is 5.92 Å². The number of carboxylic acids is 1. The van der Waals surface area contributed by atoms with Crippen molar-refractivity contribution in [1.82, 2.24) is 0 Å². The first-order valence-corrected chi connectivity index (χ1v) is 4.58. The van der Waals surface area contributed by atoms with Gasteiger partial charge in [-0.1, -0.05) is 6.07 Å². The van der Waals surface area contributed by atoms with Gasteiger partial charge in [-0.05, 0) is 42.5 Å². The second-order valence-electron chi connectivity index (χ2n) is 3.79. The van der Waals surface area contributed by atoms with E-state index in [1.807, 2.05) is 6.92 Å². The number of aliphatic carboxylic acids is 1. The van der Waals surface area contributed by atoms with Crippen LogP contribution in [0, 0.1) is 18.7 Å². The minimum atomic E-state index is -0.751. The van der Waals surface area contributed by atoms with Crippen molar-refractivity contribution in [3.8, 4) is 0 Å². The second-order valence-corrected chi connectivity index (χ2v) is 3.79. The van der Waals surface area contributed by atoms with E-state index in [1.54, 1.807) is 6.07 Å². The monoisotopic (exact) mass is 194 g/mol. The van der Waals surface area contributed by atoms with Crippen molar-refractivity contribution in [3.63, 3.8) is 0 Å². The van der Waals surface area contributed by atoms with Crippen LogP contribution in [0.1, 0.15) is 23.5 Å². The Bertz CT molecular complexity index is 387. The molecule has 1 aliphatic carbocycles. The summed E-state index contributed by atoms with van der Waals surface area (Å²) in [5.41, 5.74) is 1.82. The summed E-state index contributed by atoms with van der Waals surface area (Å²) in [6.07, 6.45) is 0.682. The lowest BCUT2D eigenvalue weighted by Gasteiger charge is -2.03. The summed E-state index contributed by atoms with van der Waals surface area (Å²) in [5.74, 6) is -1.19. The molecule has 0 amide bonds. The number of halogens is 1. The molecule has 0 unspecified atom stereocenters. The van der Waals surface area contributed by atoms with Gasteiger partial charge in [-0.2, -0.15) is 0 Å². The Hall–Kier alpha value is -1.38. The lowest BCUT2D eigenvalue weighted by Crippen LogP contribution is -1.99. The molecule has 0 radical (unpaired) electrons. The highest BCUT2D eigenvalue weighted by Crippen LogP contribution is 2.48. The van der Waals surface area contributed by atoms with Crippen LogP contribution in [0.3, 0.4) is 0 Å². The summed E-state index contributed by atoms with van der Waals surface area (Å²) in [5, 5.41) is 8.76. The minimum Gasteiger partial charge on any atom is -0.481 e. The van der Waals surface area contributed by atoms with Crippen molar-refractivity contribution < 1.29 is 14.3 Å². The fourth-order valence-electron chi connectivity index (χ4n) is 1.87. The van der Waals surface area contributed by atoms with Crippen LogP contribution in [0.15, 0.2) is 18.2 Å². The molecule has 1 aromatic rings. The first-order valence-electron chi connectivity index (χ1n) is 4.58. The summed E-state index contributed by atoms with van der Waals surface area (Å²) in [6, 6.07) is 4.53. The molecule has 1 aliphatic rings. The Morgan fingerprint density at radius 3 is 2.79 bits per heavy atom. The van der Waals surface area contributed by atoms with Crippen LogP contribution in [0.5, 0.6) is 0 Å². The van der Waals surface area contributed by atoms with Gasteiger partial charge in [-0.15, -0.1) is 0 Å². The Labute approximate surface area is 81.4 Å². The molecule has 0 spiro atoms. The van der Waals surface area contributed by atoms with Crippen molar-refractivity contribution in [2.45, 2.75) is 19.3 Å². The van der Waals surface area contributed by atoms with Gasteiger partial charge in [0.25, 0.3) is 0 Å². The van der Waals surface area contributed by atoms with Crippen molar-refractivity contribution in [1.29, 1.82) is 0 Å². The molecule has 2 rings (SSSR count). The molecule has 2 atom stereocenters. The highest BCUT2D eigenvalue weighted by molar-refractivity contribution is 5.75. The summed E-state index contributed by atoms with van der Waals surface area (Å²) >= 11 is 0. The normalized spacial score (nSPS) is 24.7. The third-order valence-electron chi connectivity index (χ3n) is 2.74. The molecule has 74 valence electrons. The van der Waals surface area contributed by atoms with E-state index in [1.165, 1.54) is 12.1 Å². The molecular weight excluding hydrogens is 183 g/mol. The fourth-order valence-corrected chi connectivity index (χ4v) is 1.87. The van der Waals surface area contributed by atoms with E-state index >= 15 is 0 Å². The van der Waals surface area contributed by atoms with E-state index < -0.39 is 5.97 Å². The van der Waals surface area contributed by atoms with Crippen LogP contribution in [-0.4, -0.2) is 11.1 Å². The first-order chi connectivity index (χ1) is 6.59. The molecule has 0 aromatic heterocycles. The highest BCUT2D eigenvalue weighted by atomic mass is 19.1. The highest BCUT2D eigenvalue weighted by Gasteiger charge is 2.44. The average Bonchev–Trinajstić information content (AvgIpc) is 2.83. The third kappa shape index (κ3) is 1.50. The predicted molar refractivity (Wildman–Crippen MR) is 49.6 cm³/mol. The maximum absolute atomic E-state index is 12.8. The van der Waals surface area contributed by atoms with Crippen LogP contribution < -0.4 is 0 Å². The van der Waals surface area contributed by atoms with Crippen molar-refractivity contribution in [2.75, 3.05) is 0 Å². The van der Waals surface area contributed by atoms with Gasteiger partial charge in [-0.25, -0.2) is 4.39 Å². The molecule has 0 aliphatic heterocycles. The summed E-state index contributed by atoms with van der Waals surface area (Å²) in [6.45, 7) is 1.82. The van der Waals surface area contributed by atoms with Crippen LogP contribution in [0.4, 0.5) is 4.39 Å². The lowest BCUT2D eigenvalue weighted by molar-refractivity contribution is -0.138. The molecule has 0 bridgehead atoms. The zero-order chi connectivity index (χ0) is 10.3. The minimum absolute atomic E-state index is 0.0908. The number of hydrogen-bond acceptors (Lipinski definition) is 1. The molecule has 14 heavy (non-hydrogen) atoms. The molecule has 0 heterocycles. The summed E-state index contributed by atoms with van der Waals surface area (Å²) in [7, 11) is 0. The van der Waals surface area contributed by atoms with E-state index in [-0.39, 0.29) is 17.7 Å². The van der Waals surface area contributed by atoms with E-state index in [9.17, 15) is 9.18 Å². The van der Waals surface area contributed by atoms with Crippen LogP contribution >= 0.6 is 0 Å². The molecule has 1 fully saturated rings. The quantitative estimate of drug-likeness (QED) is 0.784. The van der Waals surface area contributed by atoms with Crippen LogP contribution in [-0.2, 0) is 4.79 Å². The Balaban J connectivity index is 2.23.